The Hall–Kier alpha value is -0.200. The van der Waals surface area contributed by atoms with Gasteiger partial charge in [-0.15, -0.1) is 0 Å². The van der Waals surface area contributed by atoms with Crippen molar-refractivity contribution in [3.05, 3.63) is 0 Å². The van der Waals surface area contributed by atoms with Crippen molar-refractivity contribution in [2.24, 2.45) is 5.92 Å². The minimum Gasteiger partial charge on any atom is -0.379 e. The SMILES string of the molecule is CCCCCCCCC(CCCCCCCCOCC1CO1)C(OC)(OC)OC. The molecule has 0 amide bonds. The zero-order valence-electron chi connectivity index (χ0n) is 19.7. The van der Waals surface area contributed by atoms with Gasteiger partial charge in [-0.05, 0) is 19.3 Å². The van der Waals surface area contributed by atoms with E-state index in [2.05, 4.69) is 6.92 Å². The Balaban J connectivity index is 2.16. The summed E-state index contributed by atoms with van der Waals surface area (Å²) in [5, 5.41) is 0. The van der Waals surface area contributed by atoms with Gasteiger partial charge in [0.2, 0.25) is 0 Å². The van der Waals surface area contributed by atoms with Crippen LogP contribution in [0.3, 0.4) is 0 Å². The molecule has 0 aromatic rings. The highest BCUT2D eigenvalue weighted by Gasteiger charge is 2.39. The summed E-state index contributed by atoms with van der Waals surface area (Å²) in [4.78, 5) is 0. The van der Waals surface area contributed by atoms with Gasteiger partial charge in [-0.25, -0.2) is 0 Å². The fourth-order valence-electron chi connectivity index (χ4n) is 4.10. The van der Waals surface area contributed by atoms with Gasteiger partial charge in [0.15, 0.2) is 0 Å². The number of unbranched alkanes of at least 4 members (excludes halogenated alkanes) is 10. The summed E-state index contributed by atoms with van der Waals surface area (Å²) < 4.78 is 27.8. The normalized spacial score (nSPS) is 17.6. The van der Waals surface area contributed by atoms with Gasteiger partial charge < -0.3 is 23.7 Å². The maximum atomic E-state index is 5.68. The Labute approximate surface area is 180 Å². The summed E-state index contributed by atoms with van der Waals surface area (Å²) in [6, 6.07) is 0. The summed E-state index contributed by atoms with van der Waals surface area (Å²) >= 11 is 0. The van der Waals surface area contributed by atoms with E-state index in [1.54, 1.807) is 21.3 Å². The summed E-state index contributed by atoms with van der Waals surface area (Å²) in [6.07, 6.45) is 17.9. The zero-order valence-corrected chi connectivity index (χ0v) is 19.7. The molecule has 5 heteroatoms. The summed E-state index contributed by atoms with van der Waals surface area (Å²) in [5.74, 6) is -0.613. The first-order valence-electron chi connectivity index (χ1n) is 12.1. The smallest absolute Gasteiger partial charge is 0.285 e. The molecule has 0 radical (unpaired) electrons. The molecule has 0 aromatic heterocycles. The lowest BCUT2D eigenvalue weighted by Gasteiger charge is -2.36. The fourth-order valence-corrected chi connectivity index (χ4v) is 4.10. The summed E-state index contributed by atoms with van der Waals surface area (Å²) in [7, 11) is 5.08. The van der Waals surface area contributed by atoms with Crippen molar-refractivity contribution in [3.63, 3.8) is 0 Å². The van der Waals surface area contributed by atoms with Crippen LogP contribution >= 0.6 is 0 Å². The van der Waals surface area contributed by atoms with Crippen LogP contribution in [0.15, 0.2) is 0 Å². The van der Waals surface area contributed by atoms with Gasteiger partial charge >= 0.3 is 0 Å². The molecule has 1 aliphatic heterocycles. The van der Waals surface area contributed by atoms with Crippen LogP contribution in [0, 0.1) is 5.92 Å². The topological polar surface area (TPSA) is 49.5 Å². The predicted octanol–water partition coefficient (Wildman–Crippen LogP) is 6.09. The van der Waals surface area contributed by atoms with Crippen LogP contribution in [-0.4, -0.2) is 53.2 Å². The third-order valence-corrected chi connectivity index (χ3v) is 6.06. The van der Waals surface area contributed by atoms with Gasteiger partial charge in [0, 0.05) is 33.9 Å². The highest BCUT2D eigenvalue weighted by molar-refractivity contribution is 4.72. The van der Waals surface area contributed by atoms with Crippen LogP contribution in [0.2, 0.25) is 0 Å². The van der Waals surface area contributed by atoms with Crippen molar-refractivity contribution < 1.29 is 23.7 Å². The Morgan fingerprint density at radius 2 is 1.24 bits per heavy atom. The Morgan fingerprint density at radius 3 is 1.72 bits per heavy atom. The first kappa shape index (κ1) is 26.8. The maximum Gasteiger partial charge on any atom is 0.285 e. The van der Waals surface area contributed by atoms with E-state index >= 15 is 0 Å². The second-order valence-electron chi connectivity index (χ2n) is 8.41. The highest BCUT2D eigenvalue weighted by atomic mass is 16.9. The fraction of sp³-hybridized carbons (Fsp3) is 1.00. The molecule has 5 nitrogen and oxygen atoms in total. The Kier molecular flexibility index (Phi) is 16.2. The minimum absolute atomic E-state index is 0.284. The van der Waals surface area contributed by atoms with Crippen LogP contribution in [0.4, 0.5) is 0 Å². The largest absolute Gasteiger partial charge is 0.379 e. The number of methoxy groups -OCH3 is 3. The van der Waals surface area contributed by atoms with Gasteiger partial charge in [0.25, 0.3) is 5.97 Å². The van der Waals surface area contributed by atoms with E-state index in [4.69, 9.17) is 23.7 Å². The first-order valence-corrected chi connectivity index (χ1v) is 12.1. The van der Waals surface area contributed by atoms with Gasteiger partial charge in [-0.1, -0.05) is 77.6 Å². The zero-order chi connectivity index (χ0) is 21.2. The molecule has 29 heavy (non-hydrogen) atoms. The third-order valence-electron chi connectivity index (χ3n) is 6.06. The van der Waals surface area contributed by atoms with Crippen molar-refractivity contribution in [3.8, 4) is 0 Å². The lowest BCUT2D eigenvalue weighted by atomic mass is 9.91. The van der Waals surface area contributed by atoms with Crippen molar-refractivity contribution in [1.82, 2.24) is 0 Å². The number of hydrogen-bond acceptors (Lipinski definition) is 5. The van der Waals surface area contributed by atoms with E-state index in [1.807, 2.05) is 0 Å². The molecule has 1 fully saturated rings. The van der Waals surface area contributed by atoms with Crippen molar-refractivity contribution in [1.29, 1.82) is 0 Å². The predicted molar refractivity (Wildman–Crippen MR) is 118 cm³/mol. The van der Waals surface area contributed by atoms with E-state index in [0.29, 0.717) is 6.10 Å². The van der Waals surface area contributed by atoms with Gasteiger partial charge in [0.05, 0.1) is 13.2 Å². The Morgan fingerprint density at radius 1 is 0.759 bits per heavy atom. The molecule has 1 saturated heterocycles. The van der Waals surface area contributed by atoms with E-state index in [1.165, 1.54) is 70.6 Å². The van der Waals surface area contributed by atoms with Gasteiger partial charge in [-0.3, -0.25) is 0 Å². The maximum absolute atomic E-state index is 5.68. The molecule has 0 aromatic carbocycles. The second kappa shape index (κ2) is 17.5. The van der Waals surface area contributed by atoms with Gasteiger partial charge in [-0.2, -0.15) is 0 Å². The number of epoxide rings is 1. The Bertz CT molecular complexity index is 347. The molecular weight excluding hydrogens is 368 g/mol. The average molecular weight is 417 g/mol. The average Bonchev–Trinajstić information content (AvgIpc) is 3.57. The number of ether oxygens (including phenoxy) is 5. The van der Waals surface area contributed by atoms with E-state index in [0.717, 1.165) is 39.1 Å². The van der Waals surface area contributed by atoms with Crippen LogP contribution in [0.1, 0.15) is 96.8 Å². The molecule has 0 spiro atoms. The summed E-state index contributed by atoms with van der Waals surface area (Å²) in [5.41, 5.74) is 0. The van der Waals surface area contributed by atoms with Crippen LogP contribution in [-0.2, 0) is 23.7 Å². The lowest BCUT2D eigenvalue weighted by molar-refractivity contribution is -0.380. The molecule has 1 aliphatic rings. The molecule has 174 valence electrons. The molecule has 0 aliphatic carbocycles. The van der Waals surface area contributed by atoms with Crippen LogP contribution in [0.25, 0.3) is 0 Å². The minimum atomic E-state index is -0.897. The molecule has 1 rings (SSSR count). The molecule has 0 saturated carbocycles. The molecule has 0 N–H and O–H groups in total. The molecule has 2 unspecified atom stereocenters. The standard InChI is InChI=1S/C24H48O5/c1-5-6-7-8-11-14-17-22(24(25-2,26-3)27-4)18-15-12-9-10-13-16-19-28-20-23-21-29-23/h22-23H,5-21H2,1-4H3. The molecular formula is C24H48O5. The first-order chi connectivity index (χ1) is 14.2. The van der Waals surface area contributed by atoms with E-state index < -0.39 is 5.97 Å². The van der Waals surface area contributed by atoms with Gasteiger partial charge in [0.1, 0.15) is 6.10 Å². The number of rotatable bonds is 22. The third kappa shape index (κ3) is 12.3. The summed E-state index contributed by atoms with van der Waals surface area (Å²) in [6.45, 7) is 4.80. The second-order valence-corrected chi connectivity index (χ2v) is 8.41. The number of hydrogen-bond donors (Lipinski definition) is 0. The van der Waals surface area contributed by atoms with Crippen LogP contribution in [0.5, 0.6) is 0 Å². The molecule has 0 bridgehead atoms. The molecule has 1 heterocycles. The van der Waals surface area contributed by atoms with Crippen molar-refractivity contribution in [2.45, 2.75) is 109 Å². The van der Waals surface area contributed by atoms with Crippen molar-refractivity contribution >= 4 is 0 Å². The monoisotopic (exact) mass is 416 g/mol. The van der Waals surface area contributed by atoms with E-state index in [9.17, 15) is 0 Å². The van der Waals surface area contributed by atoms with E-state index in [-0.39, 0.29) is 5.92 Å². The lowest BCUT2D eigenvalue weighted by Crippen LogP contribution is -2.44. The highest BCUT2D eigenvalue weighted by Crippen LogP contribution is 2.33. The molecule has 2 atom stereocenters. The van der Waals surface area contributed by atoms with Crippen LogP contribution < -0.4 is 0 Å². The quantitative estimate of drug-likeness (QED) is 0.121. The van der Waals surface area contributed by atoms with Crippen molar-refractivity contribution in [2.75, 3.05) is 41.2 Å².